The van der Waals surface area contributed by atoms with Gasteiger partial charge in [-0.2, -0.15) is 0 Å². The van der Waals surface area contributed by atoms with Crippen LogP contribution in [-0.2, 0) is 6.42 Å². The van der Waals surface area contributed by atoms with Crippen molar-refractivity contribution < 1.29 is 14.7 Å². The van der Waals surface area contributed by atoms with E-state index >= 15 is 0 Å². The third-order valence-corrected chi connectivity index (χ3v) is 5.96. The minimum Gasteiger partial charge on any atom is -0.478 e. The number of benzene rings is 3. The summed E-state index contributed by atoms with van der Waals surface area (Å²) in [5, 5.41) is 9.08. The molecule has 0 aliphatic heterocycles. The molecule has 3 aromatic carbocycles. The van der Waals surface area contributed by atoms with Crippen LogP contribution in [0.1, 0.15) is 55.4 Å². The van der Waals surface area contributed by atoms with Gasteiger partial charge in [0.25, 0.3) is 0 Å². The fraction of sp³-hybridized carbons (Fsp3) is 0.138. The molecule has 0 fully saturated rings. The summed E-state index contributed by atoms with van der Waals surface area (Å²) in [6.45, 7) is 1.98. The molecule has 0 unspecified atom stereocenters. The molecule has 0 saturated carbocycles. The molecule has 4 nitrogen and oxygen atoms in total. The van der Waals surface area contributed by atoms with Gasteiger partial charge < -0.3 is 5.11 Å². The Balaban J connectivity index is 1.55. The maximum Gasteiger partial charge on any atom is 0.335 e. The van der Waals surface area contributed by atoms with Crippen molar-refractivity contribution in [3.05, 3.63) is 125 Å². The Bertz CT molecular complexity index is 1260. The number of carbonyl (C=O) groups is 2. The lowest BCUT2D eigenvalue weighted by atomic mass is 9.84. The highest BCUT2D eigenvalue weighted by Crippen LogP contribution is 2.32. The van der Waals surface area contributed by atoms with Crippen LogP contribution in [0.15, 0.2) is 91.1 Å². The van der Waals surface area contributed by atoms with Crippen molar-refractivity contribution in [2.24, 2.45) is 0 Å². The standard InChI is InChI=1S/C29H25NO3/c1-20-18-25(16-17-30-20)28(27-5-3-2-4-26(27)19-31)15-8-21-6-9-22(10-7-21)23-11-13-24(14-12-23)29(32)33/h2-7,9-14,16-19,28H,8,15H2,1H3,(H,32,33)/t28-/m1/s1. The SMILES string of the molecule is Cc1cc([C@@H](CCc2ccc(-c3ccc(C(=O)O)cc3)cc2)c2ccccc2C=O)ccn1. The number of aromatic nitrogens is 1. The maximum absolute atomic E-state index is 11.7. The van der Waals surface area contributed by atoms with Crippen LogP contribution in [0.2, 0.25) is 0 Å². The van der Waals surface area contributed by atoms with E-state index in [-0.39, 0.29) is 11.5 Å². The summed E-state index contributed by atoms with van der Waals surface area (Å²) in [7, 11) is 0. The summed E-state index contributed by atoms with van der Waals surface area (Å²) in [5.74, 6) is -0.830. The second-order valence-electron chi connectivity index (χ2n) is 8.15. The average Bonchev–Trinajstić information content (AvgIpc) is 2.85. The highest BCUT2D eigenvalue weighted by molar-refractivity contribution is 5.88. The molecule has 1 heterocycles. The van der Waals surface area contributed by atoms with Crippen LogP contribution in [-0.4, -0.2) is 22.3 Å². The summed E-state index contributed by atoms with van der Waals surface area (Å²) in [4.78, 5) is 27.1. The number of carboxylic acids is 1. The van der Waals surface area contributed by atoms with Gasteiger partial charge in [-0.25, -0.2) is 4.79 Å². The Hall–Kier alpha value is -4.05. The second kappa shape index (κ2) is 10.0. The topological polar surface area (TPSA) is 67.3 Å². The summed E-state index contributed by atoms with van der Waals surface area (Å²) < 4.78 is 0. The Labute approximate surface area is 193 Å². The largest absolute Gasteiger partial charge is 0.478 e. The van der Waals surface area contributed by atoms with Gasteiger partial charge in [0.15, 0.2) is 0 Å². The molecule has 4 aromatic rings. The molecule has 0 aliphatic rings. The molecule has 0 bridgehead atoms. The normalized spacial score (nSPS) is 11.7. The Morgan fingerprint density at radius 1 is 0.939 bits per heavy atom. The van der Waals surface area contributed by atoms with E-state index in [0.717, 1.165) is 52.6 Å². The van der Waals surface area contributed by atoms with Gasteiger partial charge in [0.2, 0.25) is 0 Å². The van der Waals surface area contributed by atoms with Crippen LogP contribution in [0.25, 0.3) is 11.1 Å². The van der Waals surface area contributed by atoms with Crippen molar-refractivity contribution in [3.63, 3.8) is 0 Å². The predicted molar refractivity (Wildman–Crippen MR) is 130 cm³/mol. The van der Waals surface area contributed by atoms with E-state index < -0.39 is 5.97 Å². The average molecular weight is 436 g/mol. The summed E-state index contributed by atoms with van der Waals surface area (Å²) >= 11 is 0. The molecule has 33 heavy (non-hydrogen) atoms. The van der Waals surface area contributed by atoms with Crippen molar-refractivity contribution >= 4 is 12.3 Å². The first-order valence-corrected chi connectivity index (χ1v) is 10.9. The zero-order valence-electron chi connectivity index (χ0n) is 18.4. The van der Waals surface area contributed by atoms with Gasteiger partial charge in [-0.15, -0.1) is 0 Å². The third kappa shape index (κ3) is 5.24. The van der Waals surface area contributed by atoms with E-state index in [2.05, 4.69) is 35.3 Å². The highest BCUT2D eigenvalue weighted by atomic mass is 16.4. The molecule has 0 spiro atoms. The smallest absolute Gasteiger partial charge is 0.335 e. The molecule has 0 radical (unpaired) electrons. The van der Waals surface area contributed by atoms with E-state index in [4.69, 9.17) is 5.11 Å². The third-order valence-electron chi connectivity index (χ3n) is 5.96. The first-order chi connectivity index (χ1) is 16.0. The van der Waals surface area contributed by atoms with Gasteiger partial charge in [-0.1, -0.05) is 60.7 Å². The van der Waals surface area contributed by atoms with Crippen molar-refractivity contribution in [1.82, 2.24) is 4.98 Å². The fourth-order valence-corrected chi connectivity index (χ4v) is 4.20. The molecule has 1 atom stereocenters. The number of aldehydes is 1. The molecular weight excluding hydrogens is 410 g/mol. The zero-order valence-corrected chi connectivity index (χ0v) is 18.4. The molecule has 1 N–H and O–H groups in total. The van der Waals surface area contributed by atoms with Crippen LogP contribution < -0.4 is 0 Å². The van der Waals surface area contributed by atoms with Crippen molar-refractivity contribution in [1.29, 1.82) is 0 Å². The van der Waals surface area contributed by atoms with Gasteiger partial charge in [0, 0.05) is 23.4 Å². The number of rotatable bonds is 8. The molecular formula is C29H25NO3. The minimum absolute atomic E-state index is 0.0938. The van der Waals surface area contributed by atoms with E-state index in [9.17, 15) is 9.59 Å². The number of carboxylic acid groups (broad SMARTS) is 1. The fourth-order valence-electron chi connectivity index (χ4n) is 4.20. The second-order valence-corrected chi connectivity index (χ2v) is 8.15. The monoisotopic (exact) mass is 435 g/mol. The van der Waals surface area contributed by atoms with E-state index in [0.29, 0.717) is 0 Å². The van der Waals surface area contributed by atoms with Crippen molar-refractivity contribution in [2.75, 3.05) is 0 Å². The highest BCUT2D eigenvalue weighted by Gasteiger charge is 2.18. The molecule has 4 heteroatoms. The molecule has 0 amide bonds. The van der Waals surface area contributed by atoms with Crippen LogP contribution in [0.4, 0.5) is 0 Å². The summed E-state index contributed by atoms with van der Waals surface area (Å²) in [6, 6.07) is 27.2. The quantitative estimate of drug-likeness (QED) is 0.328. The number of nitrogens with zero attached hydrogens (tertiary/aromatic N) is 1. The van der Waals surface area contributed by atoms with E-state index in [1.165, 1.54) is 5.56 Å². The Kier molecular flexibility index (Phi) is 6.75. The maximum atomic E-state index is 11.7. The van der Waals surface area contributed by atoms with Crippen LogP contribution in [0.5, 0.6) is 0 Å². The number of hydrogen-bond donors (Lipinski definition) is 1. The van der Waals surface area contributed by atoms with Gasteiger partial charge in [-0.05, 0) is 71.8 Å². The molecule has 0 saturated heterocycles. The number of aryl methyl sites for hydroxylation is 2. The molecule has 0 aliphatic carbocycles. The number of hydrogen-bond acceptors (Lipinski definition) is 3. The molecule has 164 valence electrons. The van der Waals surface area contributed by atoms with Gasteiger partial charge in [-0.3, -0.25) is 9.78 Å². The summed E-state index contributed by atoms with van der Waals surface area (Å²) in [6.07, 6.45) is 4.48. The van der Waals surface area contributed by atoms with E-state index in [1.807, 2.05) is 55.6 Å². The Morgan fingerprint density at radius 2 is 1.61 bits per heavy atom. The van der Waals surface area contributed by atoms with Crippen LogP contribution in [0, 0.1) is 6.92 Å². The van der Waals surface area contributed by atoms with Crippen LogP contribution in [0.3, 0.4) is 0 Å². The Morgan fingerprint density at radius 3 is 2.24 bits per heavy atom. The van der Waals surface area contributed by atoms with E-state index in [1.54, 1.807) is 12.1 Å². The number of aromatic carboxylic acids is 1. The zero-order chi connectivity index (χ0) is 23.2. The molecule has 1 aromatic heterocycles. The lowest BCUT2D eigenvalue weighted by Crippen LogP contribution is -2.07. The van der Waals surface area contributed by atoms with Crippen LogP contribution >= 0.6 is 0 Å². The number of carbonyl (C=O) groups excluding carboxylic acids is 1. The summed E-state index contributed by atoms with van der Waals surface area (Å²) in [5.41, 5.74) is 7.39. The number of pyridine rings is 1. The van der Waals surface area contributed by atoms with Crippen molar-refractivity contribution in [3.8, 4) is 11.1 Å². The first-order valence-electron chi connectivity index (χ1n) is 10.9. The lowest BCUT2D eigenvalue weighted by molar-refractivity contribution is 0.0696. The van der Waals surface area contributed by atoms with Gasteiger partial charge >= 0.3 is 5.97 Å². The molecule has 4 rings (SSSR count). The first kappa shape index (κ1) is 22.2. The van der Waals surface area contributed by atoms with Gasteiger partial charge in [0.1, 0.15) is 6.29 Å². The lowest BCUT2D eigenvalue weighted by Gasteiger charge is -2.20. The van der Waals surface area contributed by atoms with Crippen molar-refractivity contribution in [2.45, 2.75) is 25.7 Å². The minimum atomic E-state index is -0.924. The predicted octanol–water partition coefficient (Wildman–Crippen LogP) is 6.33. The van der Waals surface area contributed by atoms with Gasteiger partial charge in [0.05, 0.1) is 5.56 Å².